The number of benzene rings is 2. The highest BCUT2D eigenvalue weighted by Gasteiger charge is 2.43. The van der Waals surface area contributed by atoms with E-state index < -0.39 is 29.3 Å². The van der Waals surface area contributed by atoms with Crippen LogP contribution in [0, 0.1) is 12.7 Å². The Morgan fingerprint density at radius 2 is 1.72 bits per heavy atom. The smallest absolute Gasteiger partial charge is 0.335 e. The van der Waals surface area contributed by atoms with E-state index in [9.17, 15) is 22.4 Å². The Bertz CT molecular complexity index is 1100. The zero-order valence-corrected chi connectivity index (χ0v) is 17.3. The number of amides is 1. The maximum atomic E-state index is 13.8. The van der Waals surface area contributed by atoms with E-state index in [4.69, 9.17) is 0 Å². The van der Waals surface area contributed by atoms with Crippen LogP contribution in [0.4, 0.5) is 17.6 Å². The lowest BCUT2D eigenvalue weighted by Crippen LogP contribution is -2.48. The van der Waals surface area contributed by atoms with Crippen molar-refractivity contribution in [3.05, 3.63) is 76.9 Å². The summed E-state index contributed by atoms with van der Waals surface area (Å²) in [5.74, 6) is -1.41. The molecular weight excluding hydrogens is 426 g/mol. The van der Waals surface area contributed by atoms with Crippen molar-refractivity contribution < 1.29 is 22.4 Å². The minimum atomic E-state index is -4.87. The molecule has 2 heterocycles. The quantitative estimate of drug-likeness (QED) is 0.573. The summed E-state index contributed by atoms with van der Waals surface area (Å²) in [7, 11) is 0. The van der Waals surface area contributed by atoms with Gasteiger partial charge < -0.3 is 4.90 Å². The number of carbonyl (C=O) groups excluding carboxylic acids is 1. The first kappa shape index (κ1) is 21.9. The van der Waals surface area contributed by atoms with Crippen molar-refractivity contribution in [1.29, 1.82) is 0 Å². The summed E-state index contributed by atoms with van der Waals surface area (Å²) in [5.41, 5.74) is 0.241. The van der Waals surface area contributed by atoms with Gasteiger partial charge in [-0.05, 0) is 36.8 Å². The number of aryl methyl sites for hydroxylation is 1. The van der Waals surface area contributed by atoms with Crippen molar-refractivity contribution >= 4 is 5.91 Å². The normalized spacial score (nSPS) is 15.2. The Morgan fingerprint density at radius 3 is 2.34 bits per heavy atom. The van der Waals surface area contributed by atoms with Gasteiger partial charge in [-0.15, -0.1) is 5.10 Å². The van der Waals surface area contributed by atoms with E-state index >= 15 is 0 Å². The van der Waals surface area contributed by atoms with E-state index in [1.165, 1.54) is 4.90 Å². The topological polar surface area (TPSA) is 54.3 Å². The molecule has 0 bridgehead atoms. The SMILES string of the molecule is Cc1cccc(CN2CCN(C(=O)c3nnn(-c4ccc(F)cc4)c3C(F)(F)F)CC2)c1. The van der Waals surface area contributed by atoms with Crippen molar-refractivity contribution in [2.24, 2.45) is 0 Å². The van der Waals surface area contributed by atoms with Gasteiger partial charge in [-0.25, -0.2) is 9.07 Å². The largest absolute Gasteiger partial charge is 0.435 e. The number of rotatable bonds is 4. The van der Waals surface area contributed by atoms with Crippen molar-refractivity contribution in [3.8, 4) is 5.69 Å². The van der Waals surface area contributed by atoms with Gasteiger partial charge in [0.1, 0.15) is 5.82 Å². The highest BCUT2D eigenvalue weighted by molar-refractivity contribution is 5.93. The summed E-state index contributed by atoms with van der Waals surface area (Å²) in [5, 5.41) is 7.09. The predicted octanol–water partition coefficient (Wildman–Crippen LogP) is 3.69. The lowest BCUT2D eigenvalue weighted by molar-refractivity contribution is -0.143. The van der Waals surface area contributed by atoms with E-state index in [0.29, 0.717) is 24.3 Å². The second kappa shape index (κ2) is 8.70. The molecule has 1 saturated heterocycles. The molecule has 4 rings (SSSR count). The average molecular weight is 447 g/mol. The minimum absolute atomic E-state index is 0.0340. The number of nitrogens with zero attached hydrogens (tertiary/aromatic N) is 5. The van der Waals surface area contributed by atoms with Gasteiger partial charge in [0.25, 0.3) is 5.91 Å². The summed E-state index contributed by atoms with van der Waals surface area (Å²) < 4.78 is 55.2. The van der Waals surface area contributed by atoms with E-state index in [0.717, 1.165) is 35.4 Å². The van der Waals surface area contributed by atoms with Gasteiger partial charge in [0, 0.05) is 32.7 Å². The van der Waals surface area contributed by atoms with E-state index in [-0.39, 0.29) is 18.8 Å². The fourth-order valence-corrected chi connectivity index (χ4v) is 3.77. The van der Waals surface area contributed by atoms with Gasteiger partial charge in [0.05, 0.1) is 5.69 Å². The zero-order valence-electron chi connectivity index (χ0n) is 17.3. The Morgan fingerprint density at radius 1 is 1.03 bits per heavy atom. The number of carbonyl (C=O) groups is 1. The lowest BCUT2D eigenvalue weighted by Gasteiger charge is -2.34. The Hall–Kier alpha value is -3.27. The first-order chi connectivity index (χ1) is 15.2. The molecule has 0 atom stereocenters. The molecule has 0 unspecified atom stereocenters. The predicted molar refractivity (Wildman–Crippen MR) is 109 cm³/mol. The van der Waals surface area contributed by atoms with Crippen LogP contribution in [-0.2, 0) is 12.7 Å². The van der Waals surface area contributed by atoms with Gasteiger partial charge >= 0.3 is 6.18 Å². The molecule has 1 amide bonds. The third-order valence-corrected chi connectivity index (χ3v) is 5.36. The molecule has 1 aliphatic rings. The number of halogens is 4. The van der Waals surface area contributed by atoms with Crippen LogP contribution in [0.5, 0.6) is 0 Å². The lowest BCUT2D eigenvalue weighted by atomic mass is 10.1. The van der Waals surface area contributed by atoms with Crippen LogP contribution >= 0.6 is 0 Å². The fraction of sp³-hybridized carbons (Fsp3) is 0.318. The van der Waals surface area contributed by atoms with E-state index in [2.05, 4.69) is 21.3 Å². The molecule has 10 heteroatoms. The van der Waals surface area contributed by atoms with E-state index in [1.54, 1.807) is 0 Å². The Balaban J connectivity index is 1.50. The molecule has 1 aliphatic heterocycles. The van der Waals surface area contributed by atoms with Gasteiger partial charge in [0.15, 0.2) is 11.4 Å². The first-order valence-electron chi connectivity index (χ1n) is 10.1. The average Bonchev–Trinajstić information content (AvgIpc) is 3.20. The van der Waals surface area contributed by atoms with Crippen molar-refractivity contribution in [2.45, 2.75) is 19.6 Å². The van der Waals surface area contributed by atoms with Gasteiger partial charge in [0.2, 0.25) is 0 Å². The second-order valence-corrected chi connectivity index (χ2v) is 7.73. The Kier molecular flexibility index (Phi) is 5.96. The van der Waals surface area contributed by atoms with Crippen LogP contribution < -0.4 is 0 Å². The third-order valence-electron chi connectivity index (χ3n) is 5.36. The molecule has 1 aromatic heterocycles. The minimum Gasteiger partial charge on any atom is -0.335 e. The molecular formula is C22H21F4N5O. The summed E-state index contributed by atoms with van der Waals surface area (Å²) in [6.07, 6.45) is -4.87. The second-order valence-electron chi connectivity index (χ2n) is 7.73. The van der Waals surface area contributed by atoms with Crippen LogP contribution in [0.3, 0.4) is 0 Å². The van der Waals surface area contributed by atoms with Crippen LogP contribution in [0.15, 0.2) is 48.5 Å². The third kappa shape index (κ3) is 4.64. The monoisotopic (exact) mass is 447 g/mol. The molecule has 0 N–H and O–H groups in total. The van der Waals surface area contributed by atoms with Crippen molar-refractivity contribution in [1.82, 2.24) is 24.8 Å². The summed E-state index contributed by atoms with van der Waals surface area (Å²) >= 11 is 0. The van der Waals surface area contributed by atoms with Crippen LogP contribution in [0.2, 0.25) is 0 Å². The molecule has 32 heavy (non-hydrogen) atoms. The zero-order chi connectivity index (χ0) is 22.9. The number of alkyl halides is 3. The standard InChI is InChI=1S/C22H21F4N5O/c1-15-3-2-4-16(13-15)14-29-9-11-30(12-10-29)21(32)19-20(22(24,25)26)31(28-27-19)18-7-5-17(23)6-8-18/h2-8,13H,9-12,14H2,1H3. The molecule has 0 radical (unpaired) electrons. The molecule has 2 aromatic carbocycles. The number of hydrogen-bond acceptors (Lipinski definition) is 4. The van der Waals surface area contributed by atoms with Crippen molar-refractivity contribution in [3.63, 3.8) is 0 Å². The van der Waals surface area contributed by atoms with Crippen LogP contribution in [0.25, 0.3) is 5.69 Å². The van der Waals surface area contributed by atoms with Crippen LogP contribution in [-0.4, -0.2) is 56.9 Å². The highest BCUT2D eigenvalue weighted by atomic mass is 19.4. The molecule has 168 valence electrons. The fourth-order valence-electron chi connectivity index (χ4n) is 3.77. The molecule has 0 saturated carbocycles. The Labute approximate surface area is 182 Å². The van der Waals surface area contributed by atoms with Crippen LogP contribution in [0.1, 0.15) is 27.3 Å². The summed E-state index contributed by atoms with van der Waals surface area (Å²) in [6, 6.07) is 12.4. The number of aromatic nitrogens is 3. The number of hydrogen-bond donors (Lipinski definition) is 0. The summed E-state index contributed by atoms with van der Waals surface area (Å²) in [4.78, 5) is 16.4. The van der Waals surface area contributed by atoms with E-state index in [1.807, 2.05) is 25.1 Å². The van der Waals surface area contributed by atoms with Gasteiger partial charge in [-0.1, -0.05) is 35.0 Å². The maximum absolute atomic E-state index is 13.8. The first-order valence-corrected chi connectivity index (χ1v) is 10.1. The molecule has 6 nitrogen and oxygen atoms in total. The summed E-state index contributed by atoms with van der Waals surface area (Å²) in [6.45, 7) is 4.35. The molecule has 3 aromatic rings. The number of piperazine rings is 1. The molecule has 0 aliphatic carbocycles. The molecule has 1 fully saturated rings. The van der Waals surface area contributed by atoms with Crippen molar-refractivity contribution in [2.75, 3.05) is 26.2 Å². The van der Waals surface area contributed by atoms with Gasteiger partial charge in [-0.2, -0.15) is 13.2 Å². The molecule has 0 spiro atoms. The highest BCUT2D eigenvalue weighted by Crippen LogP contribution is 2.33. The maximum Gasteiger partial charge on any atom is 0.435 e. The van der Waals surface area contributed by atoms with Gasteiger partial charge in [-0.3, -0.25) is 9.69 Å².